The third-order valence-electron chi connectivity index (χ3n) is 7.76. The Kier molecular flexibility index (Phi) is 29.2. The Balaban J connectivity index is 0.000000778. The molecule has 31 heteroatoms. The van der Waals surface area contributed by atoms with Crippen molar-refractivity contribution in [2.24, 2.45) is 34.4 Å². The number of nitrogens with one attached hydrogen (secondary N) is 6. The van der Waals surface area contributed by atoms with Crippen molar-refractivity contribution >= 4 is 35.8 Å². The molecule has 6 rings (SSSR count). The standard InChI is InChI=1S/6C6H9N3O2.Cr/c6*7-5(6(10)11)1-4-2-8-3-9-4;/h6*2-3,5H,1,7H2,(H,8,9)(H,10,11);/q;;;;;;+3/p-3/t6*5-;/m000000./s1. The van der Waals surface area contributed by atoms with Gasteiger partial charge in [0.1, 0.15) is 18.1 Å². The summed E-state index contributed by atoms with van der Waals surface area (Å²) >= 11 is 0. The molecule has 0 aliphatic rings. The summed E-state index contributed by atoms with van der Waals surface area (Å²) in [5, 5.41) is 55.7. The van der Waals surface area contributed by atoms with Crippen LogP contribution >= 0.6 is 0 Å². The minimum Gasteiger partial charge on any atom is -0.548 e. The molecule has 0 saturated heterocycles. The van der Waals surface area contributed by atoms with Gasteiger partial charge in [0.25, 0.3) is 0 Å². The van der Waals surface area contributed by atoms with Crippen LogP contribution in [0.4, 0.5) is 0 Å². The van der Waals surface area contributed by atoms with Gasteiger partial charge in [0.05, 0.1) is 90.0 Å². The van der Waals surface area contributed by atoms with Crippen LogP contribution in [0.1, 0.15) is 34.2 Å². The van der Waals surface area contributed by atoms with Crippen molar-refractivity contribution in [2.45, 2.75) is 74.8 Å². The molecule has 21 N–H and O–H groups in total. The topological polar surface area (TPSA) is 560 Å². The average Bonchev–Trinajstić information content (AvgIpc) is 4.11. The molecule has 0 spiro atoms. The first-order valence-electron chi connectivity index (χ1n) is 18.9. The smallest absolute Gasteiger partial charge is 0.548 e. The maximum Gasteiger partial charge on any atom is 3.00 e. The molecule has 0 amide bonds. The molecule has 0 bridgehead atoms. The Morgan fingerprint density at radius 1 is 0.373 bits per heavy atom. The van der Waals surface area contributed by atoms with E-state index < -0.39 is 72.1 Å². The normalized spacial score (nSPS) is 12.6. The number of H-pyrrole nitrogens is 6. The van der Waals surface area contributed by atoms with Gasteiger partial charge in [-0.2, -0.15) is 0 Å². The van der Waals surface area contributed by atoms with Gasteiger partial charge in [-0.15, -0.1) is 0 Å². The quantitative estimate of drug-likeness (QED) is 0.0380. The van der Waals surface area contributed by atoms with Crippen molar-refractivity contribution < 1.29 is 76.8 Å². The number of hydrogen-bond acceptors (Lipinski definition) is 21. The molecular formula is C36H51CrN18O12. The van der Waals surface area contributed by atoms with Crippen LogP contribution in [-0.2, 0) is 84.7 Å². The predicted molar refractivity (Wildman–Crippen MR) is 220 cm³/mol. The number of aliphatic carboxylic acids is 6. The number of aromatic amines is 6. The van der Waals surface area contributed by atoms with E-state index in [9.17, 15) is 44.1 Å². The predicted octanol–water partition coefficient (Wildman–Crippen LogP) is -7.82. The van der Waals surface area contributed by atoms with Crippen LogP contribution in [0.5, 0.6) is 0 Å². The number of rotatable bonds is 18. The summed E-state index contributed by atoms with van der Waals surface area (Å²) in [5.41, 5.74) is 35.2. The second kappa shape index (κ2) is 32.9. The van der Waals surface area contributed by atoms with Crippen LogP contribution in [-0.4, -0.2) is 147 Å². The molecule has 67 heavy (non-hydrogen) atoms. The number of nitrogens with zero attached hydrogens (tertiary/aromatic N) is 6. The van der Waals surface area contributed by atoms with Gasteiger partial charge in [0, 0.05) is 93.8 Å². The molecule has 6 aromatic heterocycles. The molecule has 0 saturated carbocycles. The summed E-state index contributed by atoms with van der Waals surface area (Å²) < 4.78 is 0. The Bertz CT molecular complexity index is 1800. The van der Waals surface area contributed by atoms with E-state index in [4.69, 9.17) is 49.7 Å². The molecule has 0 aliphatic heterocycles. The van der Waals surface area contributed by atoms with Crippen molar-refractivity contribution in [3.8, 4) is 0 Å². The van der Waals surface area contributed by atoms with E-state index in [1.54, 1.807) is 37.2 Å². The summed E-state index contributed by atoms with van der Waals surface area (Å²) in [6, 6.07) is -5.51. The fraction of sp³-hybridized carbons (Fsp3) is 0.333. The van der Waals surface area contributed by atoms with E-state index in [-0.39, 0.29) is 55.9 Å². The largest absolute Gasteiger partial charge is 3.00 e. The summed E-state index contributed by atoms with van der Waals surface area (Å²) in [7, 11) is 0. The van der Waals surface area contributed by atoms with Gasteiger partial charge in [-0.3, -0.25) is 14.4 Å². The fourth-order valence-corrected chi connectivity index (χ4v) is 4.28. The number of hydrogen-bond donors (Lipinski definition) is 15. The number of aromatic nitrogens is 12. The van der Waals surface area contributed by atoms with Gasteiger partial charge in [0.15, 0.2) is 0 Å². The van der Waals surface area contributed by atoms with Crippen LogP contribution < -0.4 is 49.7 Å². The monoisotopic (exact) mass is 979 g/mol. The number of nitrogens with two attached hydrogens (primary N) is 6. The van der Waals surface area contributed by atoms with E-state index in [1.165, 1.54) is 38.0 Å². The maximum atomic E-state index is 10.3. The molecule has 0 fully saturated rings. The zero-order chi connectivity index (χ0) is 49.6. The van der Waals surface area contributed by atoms with Crippen molar-refractivity contribution in [1.29, 1.82) is 0 Å². The van der Waals surface area contributed by atoms with Gasteiger partial charge in [-0.25, -0.2) is 29.9 Å². The number of carbonyl (C=O) groups is 6. The van der Waals surface area contributed by atoms with Gasteiger partial charge in [0.2, 0.25) is 0 Å². The minimum atomic E-state index is -1.26. The Labute approximate surface area is 390 Å². The zero-order valence-electron chi connectivity index (χ0n) is 35.2. The summed E-state index contributed by atoms with van der Waals surface area (Å²) in [6.07, 6.45) is 20.0. The molecule has 6 heterocycles. The molecule has 30 nitrogen and oxygen atoms in total. The molecule has 0 aromatic carbocycles. The SMILES string of the molecule is N[C@@H](Cc1c[nH]cn1)C(=O)O.N[C@@H](Cc1c[nH]cn1)C(=O)O.N[C@@H](Cc1c[nH]cn1)C(=O)O.N[C@@H](Cc1c[nH]cn1)C(=O)[O-].N[C@@H](Cc1c[nH]cn1)C(=O)[O-].N[C@@H](Cc1c[nH]cn1)C(=O)[O-].[Cr+3]. The zero-order valence-corrected chi connectivity index (χ0v) is 36.5. The fourth-order valence-electron chi connectivity index (χ4n) is 4.28. The van der Waals surface area contributed by atoms with Gasteiger partial charge >= 0.3 is 35.3 Å². The molecule has 0 aliphatic carbocycles. The number of carboxylic acid groups (broad SMARTS) is 6. The molecule has 0 unspecified atom stereocenters. The first-order chi connectivity index (χ1) is 31.2. The molecule has 6 atom stereocenters. The van der Waals surface area contributed by atoms with Crippen molar-refractivity contribution in [2.75, 3.05) is 0 Å². The number of carboxylic acids is 6. The van der Waals surface area contributed by atoms with E-state index >= 15 is 0 Å². The van der Waals surface area contributed by atoms with Gasteiger partial charge in [-0.1, -0.05) is 0 Å². The van der Waals surface area contributed by atoms with Crippen molar-refractivity contribution in [3.05, 3.63) is 109 Å². The summed E-state index contributed by atoms with van der Waals surface area (Å²) in [5.74, 6) is -6.79. The van der Waals surface area contributed by atoms with Crippen molar-refractivity contribution in [3.63, 3.8) is 0 Å². The number of imidazole rings is 6. The van der Waals surface area contributed by atoms with Gasteiger partial charge < -0.3 is 109 Å². The molecule has 363 valence electrons. The molecule has 6 aromatic rings. The summed E-state index contributed by atoms with van der Waals surface area (Å²) in [6.45, 7) is 0. The van der Waals surface area contributed by atoms with E-state index in [0.29, 0.717) is 34.2 Å². The molecule has 1 radical (unpaired) electrons. The minimum absolute atomic E-state index is 0. The van der Waals surface area contributed by atoms with Crippen LogP contribution in [0.25, 0.3) is 0 Å². The van der Waals surface area contributed by atoms with Crippen LogP contribution in [0.3, 0.4) is 0 Å². The first kappa shape index (κ1) is 59.4. The average molecular weight is 980 g/mol. The third-order valence-corrected chi connectivity index (χ3v) is 7.76. The second-order valence-electron chi connectivity index (χ2n) is 13.2. The Hall–Kier alpha value is -7.63. The third kappa shape index (κ3) is 27.3. The summed E-state index contributed by atoms with van der Waals surface area (Å²) in [4.78, 5) is 100. The second-order valence-corrected chi connectivity index (χ2v) is 13.2. The molecular weight excluding hydrogens is 929 g/mol. The number of carbonyl (C=O) groups excluding carboxylic acids is 3. The maximum absolute atomic E-state index is 10.3. The van der Waals surface area contributed by atoms with Crippen molar-refractivity contribution in [1.82, 2.24) is 59.8 Å². The van der Waals surface area contributed by atoms with Crippen LogP contribution in [0, 0.1) is 0 Å². The van der Waals surface area contributed by atoms with E-state index in [1.807, 2.05) is 0 Å². The first-order valence-corrected chi connectivity index (χ1v) is 18.9. The van der Waals surface area contributed by atoms with Crippen LogP contribution in [0.2, 0.25) is 0 Å². The van der Waals surface area contributed by atoms with E-state index in [2.05, 4.69) is 59.8 Å². The Morgan fingerprint density at radius 3 is 0.627 bits per heavy atom. The van der Waals surface area contributed by atoms with Crippen LogP contribution in [0.15, 0.2) is 75.1 Å². The Morgan fingerprint density at radius 2 is 0.522 bits per heavy atom. The van der Waals surface area contributed by atoms with Gasteiger partial charge in [-0.05, 0) is 0 Å². The van der Waals surface area contributed by atoms with E-state index in [0.717, 1.165) is 0 Å².